The number of ether oxygens (including phenoxy) is 2. The first kappa shape index (κ1) is 18.2. The Kier molecular flexibility index (Phi) is 4.98. The van der Waals surface area contributed by atoms with E-state index in [4.69, 9.17) is 9.47 Å². The molecular weight excluding hydrogens is 348 g/mol. The molecule has 1 heterocycles. The Labute approximate surface area is 155 Å². The van der Waals surface area contributed by atoms with Gasteiger partial charge in [0.2, 0.25) is 5.75 Å². The van der Waals surface area contributed by atoms with Crippen LogP contribution in [-0.4, -0.2) is 28.7 Å². The van der Waals surface area contributed by atoms with Crippen molar-refractivity contribution in [2.24, 2.45) is 17.3 Å². The summed E-state index contributed by atoms with van der Waals surface area (Å²) in [4.78, 5) is 12.8. The number of hydrogen-bond acceptors (Lipinski definition) is 6. The Morgan fingerprint density at radius 3 is 2.15 bits per heavy atom. The Hall–Kier alpha value is -3.55. The normalized spacial score (nSPS) is 11.1. The number of methoxy groups -OCH3 is 2. The fourth-order valence-electron chi connectivity index (χ4n) is 2.71. The minimum atomic E-state index is -0.275. The van der Waals surface area contributed by atoms with E-state index in [9.17, 15) is 9.90 Å². The smallest absolute Gasteiger partial charge is 0.299 e. The second-order valence-corrected chi connectivity index (χ2v) is 5.81. The molecule has 0 bridgehead atoms. The summed E-state index contributed by atoms with van der Waals surface area (Å²) in [5, 5.41) is 18.2. The van der Waals surface area contributed by atoms with Crippen LogP contribution in [0.4, 0.5) is 11.4 Å². The Morgan fingerprint density at radius 2 is 1.59 bits per heavy atom. The monoisotopic (exact) mass is 368 g/mol. The van der Waals surface area contributed by atoms with Crippen LogP contribution in [0, 0.1) is 6.92 Å². The highest BCUT2D eigenvalue weighted by Gasteiger charge is 2.16. The first-order valence-corrected chi connectivity index (χ1v) is 8.18. The maximum Gasteiger partial charge on any atom is 0.299 e. The number of azo groups is 1. The molecule has 3 rings (SSSR count). The van der Waals surface area contributed by atoms with Gasteiger partial charge in [0.25, 0.3) is 5.56 Å². The molecule has 0 unspecified atom stereocenters. The zero-order valence-corrected chi connectivity index (χ0v) is 15.5. The third-order valence-electron chi connectivity index (χ3n) is 4.25. The largest absolute Gasteiger partial charge is 0.502 e. The van der Waals surface area contributed by atoms with Crippen LogP contribution in [0.15, 0.2) is 57.5 Å². The van der Waals surface area contributed by atoms with Crippen molar-refractivity contribution < 1.29 is 14.6 Å². The second kappa shape index (κ2) is 7.36. The summed E-state index contributed by atoms with van der Waals surface area (Å²) in [7, 11) is 4.64. The Bertz CT molecular complexity index is 1030. The lowest BCUT2D eigenvalue weighted by atomic mass is 10.2. The van der Waals surface area contributed by atoms with Gasteiger partial charge in [-0.15, -0.1) is 5.11 Å². The molecule has 0 spiro atoms. The van der Waals surface area contributed by atoms with Gasteiger partial charge in [0, 0.05) is 19.2 Å². The topological polar surface area (TPSA) is 90.3 Å². The summed E-state index contributed by atoms with van der Waals surface area (Å²) < 4.78 is 13.5. The van der Waals surface area contributed by atoms with Crippen molar-refractivity contribution in [1.29, 1.82) is 0 Å². The molecular formula is C19H20N4O4. The molecule has 27 heavy (non-hydrogen) atoms. The summed E-state index contributed by atoms with van der Waals surface area (Å²) in [6.07, 6.45) is 0. The average molecular weight is 368 g/mol. The summed E-state index contributed by atoms with van der Waals surface area (Å²) in [6.45, 7) is 1.80. The molecule has 8 heteroatoms. The number of phenolic OH excluding ortho intramolecular Hbond substituents is 1. The van der Waals surface area contributed by atoms with E-state index in [0.717, 1.165) is 5.69 Å². The minimum Gasteiger partial charge on any atom is -0.502 e. The van der Waals surface area contributed by atoms with Crippen molar-refractivity contribution in [2.45, 2.75) is 6.92 Å². The van der Waals surface area contributed by atoms with E-state index in [1.165, 1.54) is 31.0 Å². The molecule has 2 aromatic carbocycles. The van der Waals surface area contributed by atoms with Gasteiger partial charge in [0.15, 0.2) is 17.2 Å². The van der Waals surface area contributed by atoms with Crippen LogP contribution < -0.4 is 15.0 Å². The molecule has 0 aliphatic rings. The van der Waals surface area contributed by atoms with E-state index in [-0.39, 0.29) is 28.5 Å². The average Bonchev–Trinajstić information content (AvgIpc) is 2.90. The van der Waals surface area contributed by atoms with Gasteiger partial charge in [-0.05, 0) is 19.1 Å². The summed E-state index contributed by atoms with van der Waals surface area (Å²) in [5.74, 6) is 0.283. The van der Waals surface area contributed by atoms with Crippen LogP contribution in [0.5, 0.6) is 17.2 Å². The molecule has 1 N–H and O–H groups in total. The first-order chi connectivity index (χ1) is 13.0. The van der Waals surface area contributed by atoms with E-state index < -0.39 is 0 Å². The highest BCUT2D eigenvalue weighted by Crippen LogP contribution is 2.40. The third kappa shape index (κ3) is 3.29. The summed E-state index contributed by atoms with van der Waals surface area (Å²) in [5.41, 5.74) is 1.75. The van der Waals surface area contributed by atoms with Crippen LogP contribution in [0.3, 0.4) is 0 Å². The van der Waals surface area contributed by atoms with Crippen LogP contribution in [-0.2, 0) is 7.05 Å². The van der Waals surface area contributed by atoms with Gasteiger partial charge >= 0.3 is 0 Å². The third-order valence-corrected chi connectivity index (χ3v) is 4.25. The number of rotatable bonds is 5. The van der Waals surface area contributed by atoms with Crippen molar-refractivity contribution in [2.75, 3.05) is 14.2 Å². The summed E-state index contributed by atoms with van der Waals surface area (Å²) in [6, 6.07) is 12.3. The highest BCUT2D eigenvalue weighted by molar-refractivity contribution is 5.59. The molecule has 0 aliphatic carbocycles. The van der Waals surface area contributed by atoms with Gasteiger partial charge in [-0.2, -0.15) is 5.11 Å². The van der Waals surface area contributed by atoms with Gasteiger partial charge in [-0.1, -0.05) is 18.2 Å². The lowest BCUT2D eigenvalue weighted by Crippen LogP contribution is -2.19. The van der Waals surface area contributed by atoms with Gasteiger partial charge < -0.3 is 14.6 Å². The SMILES string of the molecule is COc1cc(N=Nc2c(C)n(C)n(-c3ccccc3)c2=O)cc(OC)c1O. The Morgan fingerprint density at radius 1 is 1.00 bits per heavy atom. The standard InChI is InChI=1S/C19H20N4O4/c1-12-17(19(25)23(22(12)2)14-8-6-5-7-9-14)21-20-13-10-15(26-3)18(24)16(11-13)27-4/h5-11,24H,1-4H3. The molecule has 0 radical (unpaired) electrons. The maximum atomic E-state index is 12.8. The van der Waals surface area contributed by atoms with E-state index >= 15 is 0 Å². The minimum absolute atomic E-state index is 0.124. The van der Waals surface area contributed by atoms with E-state index in [0.29, 0.717) is 11.4 Å². The molecule has 1 aromatic heterocycles. The van der Waals surface area contributed by atoms with Crippen LogP contribution in [0.2, 0.25) is 0 Å². The van der Waals surface area contributed by atoms with Gasteiger partial charge in [0.05, 0.1) is 31.3 Å². The maximum absolute atomic E-state index is 12.8. The van der Waals surface area contributed by atoms with Crippen LogP contribution >= 0.6 is 0 Å². The quantitative estimate of drug-likeness (QED) is 0.697. The zero-order chi connectivity index (χ0) is 19.6. The van der Waals surface area contributed by atoms with Crippen molar-refractivity contribution in [1.82, 2.24) is 9.36 Å². The van der Waals surface area contributed by atoms with Gasteiger partial charge in [-0.25, -0.2) is 4.68 Å². The van der Waals surface area contributed by atoms with E-state index in [2.05, 4.69) is 10.2 Å². The van der Waals surface area contributed by atoms with Crippen molar-refractivity contribution in [3.05, 3.63) is 58.5 Å². The molecule has 0 amide bonds. The van der Waals surface area contributed by atoms with E-state index in [1.54, 1.807) is 18.7 Å². The molecule has 0 fully saturated rings. The molecule has 0 saturated carbocycles. The molecule has 0 atom stereocenters. The molecule has 140 valence electrons. The highest BCUT2D eigenvalue weighted by atomic mass is 16.5. The van der Waals surface area contributed by atoms with E-state index in [1.807, 2.05) is 30.3 Å². The predicted octanol–water partition coefficient (Wildman–Crippen LogP) is 3.62. The zero-order valence-electron chi connectivity index (χ0n) is 15.5. The van der Waals surface area contributed by atoms with Crippen LogP contribution in [0.1, 0.15) is 5.69 Å². The van der Waals surface area contributed by atoms with Crippen molar-refractivity contribution in [3.8, 4) is 22.9 Å². The molecule has 8 nitrogen and oxygen atoms in total. The number of aromatic nitrogens is 2. The first-order valence-electron chi connectivity index (χ1n) is 8.18. The van der Waals surface area contributed by atoms with Crippen molar-refractivity contribution >= 4 is 11.4 Å². The number of para-hydroxylation sites is 1. The van der Waals surface area contributed by atoms with Gasteiger partial charge in [0.1, 0.15) is 0 Å². The number of nitrogens with zero attached hydrogens (tertiary/aromatic N) is 4. The van der Waals surface area contributed by atoms with Gasteiger partial charge in [-0.3, -0.25) is 9.48 Å². The number of aromatic hydroxyl groups is 1. The number of phenols is 1. The fraction of sp³-hybridized carbons (Fsp3) is 0.211. The second-order valence-electron chi connectivity index (χ2n) is 5.81. The molecule has 0 saturated heterocycles. The van der Waals surface area contributed by atoms with Crippen molar-refractivity contribution in [3.63, 3.8) is 0 Å². The number of benzene rings is 2. The lowest BCUT2D eigenvalue weighted by Gasteiger charge is -2.08. The Balaban J connectivity index is 2.06. The molecule has 3 aromatic rings. The molecule has 0 aliphatic heterocycles. The predicted molar refractivity (Wildman–Crippen MR) is 101 cm³/mol. The van der Waals surface area contributed by atoms with Crippen LogP contribution in [0.25, 0.3) is 5.69 Å². The number of hydrogen-bond donors (Lipinski definition) is 1. The summed E-state index contributed by atoms with van der Waals surface area (Å²) >= 11 is 0. The lowest BCUT2D eigenvalue weighted by molar-refractivity contribution is 0.340. The fourth-order valence-corrected chi connectivity index (χ4v) is 2.71.